The molecule has 3 nitrogen and oxygen atoms in total. The zero-order chi connectivity index (χ0) is 8.43. The molecule has 0 saturated carbocycles. The van der Waals surface area contributed by atoms with E-state index in [9.17, 15) is 0 Å². The Morgan fingerprint density at radius 2 is 2.00 bits per heavy atom. The highest BCUT2D eigenvalue weighted by atomic mass is 15.3. The van der Waals surface area contributed by atoms with E-state index in [-0.39, 0.29) is 0 Å². The van der Waals surface area contributed by atoms with Gasteiger partial charge in [0.1, 0.15) is 11.6 Å². The van der Waals surface area contributed by atoms with Crippen LogP contribution >= 0.6 is 0 Å². The molecule has 1 heterocycles. The molecule has 0 atom stereocenters. The van der Waals surface area contributed by atoms with Crippen LogP contribution in [0.25, 0.3) is 0 Å². The minimum atomic E-state index is 0.469. The molecule has 0 aromatic carbocycles. The summed E-state index contributed by atoms with van der Waals surface area (Å²) in [4.78, 5) is 0. The molecule has 0 fully saturated rings. The molecule has 0 aliphatic heterocycles. The van der Waals surface area contributed by atoms with Crippen molar-refractivity contribution < 1.29 is 0 Å². The third kappa shape index (κ3) is 1.42. The fourth-order valence-electron chi connectivity index (χ4n) is 1.22. The summed E-state index contributed by atoms with van der Waals surface area (Å²) in [5.74, 6) is 2.57. The van der Waals surface area contributed by atoms with Crippen LogP contribution in [0.2, 0.25) is 0 Å². The van der Waals surface area contributed by atoms with E-state index in [1.54, 1.807) is 0 Å². The van der Waals surface area contributed by atoms with E-state index < -0.39 is 0 Å². The van der Waals surface area contributed by atoms with Gasteiger partial charge >= 0.3 is 0 Å². The third-order valence-corrected chi connectivity index (χ3v) is 1.80. The average molecular weight is 153 g/mol. The molecule has 0 aliphatic carbocycles. The van der Waals surface area contributed by atoms with Crippen molar-refractivity contribution in [2.75, 3.05) is 0 Å². The van der Waals surface area contributed by atoms with Crippen molar-refractivity contribution in [2.45, 2.75) is 40.2 Å². The Labute approximate surface area is 67.4 Å². The van der Waals surface area contributed by atoms with Crippen LogP contribution in [0, 0.1) is 6.92 Å². The van der Waals surface area contributed by atoms with Crippen molar-refractivity contribution in [3.8, 4) is 0 Å². The Bertz CT molecular complexity index is 237. The summed E-state index contributed by atoms with van der Waals surface area (Å²) >= 11 is 0. The van der Waals surface area contributed by atoms with Gasteiger partial charge in [0, 0.05) is 12.5 Å². The number of rotatable bonds is 2. The maximum atomic E-state index is 4.10. The van der Waals surface area contributed by atoms with Gasteiger partial charge in [0.05, 0.1) is 0 Å². The SMILES string of the molecule is CCn1c(C)nnc1C(C)C. The molecule has 0 bridgehead atoms. The van der Waals surface area contributed by atoms with E-state index in [0.29, 0.717) is 5.92 Å². The molecule has 0 N–H and O–H groups in total. The fourth-order valence-corrected chi connectivity index (χ4v) is 1.22. The molecule has 1 rings (SSSR count). The van der Waals surface area contributed by atoms with Gasteiger partial charge in [-0.3, -0.25) is 0 Å². The Morgan fingerprint density at radius 3 is 2.36 bits per heavy atom. The lowest BCUT2D eigenvalue weighted by molar-refractivity contribution is 0.640. The predicted molar refractivity (Wildman–Crippen MR) is 44.5 cm³/mol. The predicted octanol–water partition coefficient (Wildman–Crippen LogP) is 1.73. The zero-order valence-corrected chi connectivity index (χ0v) is 7.63. The first-order valence-corrected chi connectivity index (χ1v) is 4.06. The van der Waals surface area contributed by atoms with E-state index in [2.05, 4.69) is 35.5 Å². The summed E-state index contributed by atoms with van der Waals surface area (Å²) in [5.41, 5.74) is 0. The van der Waals surface area contributed by atoms with Gasteiger partial charge in [-0.15, -0.1) is 10.2 Å². The fraction of sp³-hybridized carbons (Fsp3) is 0.750. The van der Waals surface area contributed by atoms with Gasteiger partial charge < -0.3 is 4.57 Å². The molecule has 62 valence electrons. The average Bonchev–Trinajstić information content (AvgIpc) is 2.30. The van der Waals surface area contributed by atoms with Crippen LogP contribution in [-0.4, -0.2) is 14.8 Å². The van der Waals surface area contributed by atoms with Crippen molar-refractivity contribution in [3.63, 3.8) is 0 Å². The van der Waals surface area contributed by atoms with Crippen LogP contribution in [0.1, 0.15) is 38.3 Å². The Hall–Kier alpha value is -0.860. The first kappa shape index (κ1) is 8.24. The van der Waals surface area contributed by atoms with Crippen LogP contribution in [0.5, 0.6) is 0 Å². The smallest absolute Gasteiger partial charge is 0.135 e. The Kier molecular flexibility index (Phi) is 2.27. The molecule has 0 radical (unpaired) electrons. The summed E-state index contributed by atoms with van der Waals surface area (Å²) in [6, 6.07) is 0. The van der Waals surface area contributed by atoms with Crippen LogP contribution in [0.15, 0.2) is 0 Å². The molecule has 11 heavy (non-hydrogen) atoms. The van der Waals surface area contributed by atoms with Gasteiger partial charge in [0.2, 0.25) is 0 Å². The van der Waals surface area contributed by atoms with Gasteiger partial charge in [-0.1, -0.05) is 13.8 Å². The minimum absolute atomic E-state index is 0.469. The number of aromatic nitrogens is 3. The maximum Gasteiger partial charge on any atom is 0.135 e. The lowest BCUT2D eigenvalue weighted by Gasteiger charge is -2.06. The molecule has 0 spiro atoms. The molecule has 3 heteroatoms. The first-order valence-electron chi connectivity index (χ1n) is 4.06. The van der Waals surface area contributed by atoms with Crippen molar-refractivity contribution in [1.29, 1.82) is 0 Å². The van der Waals surface area contributed by atoms with Crippen molar-refractivity contribution in [3.05, 3.63) is 11.6 Å². The van der Waals surface area contributed by atoms with Gasteiger partial charge in [0.15, 0.2) is 0 Å². The van der Waals surface area contributed by atoms with Crippen LogP contribution in [0.3, 0.4) is 0 Å². The number of hydrogen-bond donors (Lipinski definition) is 0. The number of aryl methyl sites for hydroxylation is 1. The second-order valence-corrected chi connectivity index (χ2v) is 3.00. The maximum absolute atomic E-state index is 4.10. The first-order chi connectivity index (χ1) is 5.16. The molecule has 0 aliphatic rings. The Morgan fingerprint density at radius 1 is 1.36 bits per heavy atom. The summed E-state index contributed by atoms with van der Waals surface area (Å²) in [7, 11) is 0. The number of hydrogen-bond acceptors (Lipinski definition) is 2. The summed E-state index contributed by atoms with van der Waals surface area (Å²) in [6.07, 6.45) is 0. The normalized spacial score (nSPS) is 11.0. The highest BCUT2D eigenvalue weighted by molar-refractivity contribution is 4.97. The standard InChI is InChI=1S/C8H15N3/c1-5-11-7(4)9-10-8(11)6(2)3/h6H,5H2,1-4H3. The van der Waals surface area contributed by atoms with Crippen LogP contribution in [-0.2, 0) is 6.54 Å². The van der Waals surface area contributed by atoms with Crippen LogP contribution < -0.4 is 0 Å². The Balaban J connectivity index is 3.05. The van der Waals surface area contributed by atoms with Gasteiger partial charge in [0.25, 0.3) is 0 Å². The van der Waals surface area contributed by atoms with E-state index in [4.69, 9.17) is 0 Å². The summed E-state index contributed by atoms with van der Waals surface area (Å²) in [5, 5.41) is 8.12. The number of nitrogens with zero attached hydrogens (tertiary/aromatic N) is 3. The summed E-state index contributed by atoms with van der Waals surface area (Å²) in [6.45, 7) is 9.34. The van der Waals surface area contributed by atoms with Crippen LogP contribution in [0.4, 0.5) is 0 Å². The summed E-state index contributed by atoms with van der Waals surface area (Å²) < 4.78 is 2.14. The van der Waals surface area contributed by atoms with Gasteiger partial charge in [-0.25, -0.2) is 0 Å². The lowest BCUT2D eigenvalue weighted by Crippen LogP contribution is -2.04. The lowest BCUT2D eigenvalue weighted by atomic mass is 10.2. The van der Waals surface area contributed by atoms with E-state index in [1.807, 2.05) is 6.92 Å². The second-order valence-electron chi connectivity index (χ2n) is 3.00. The largest absolute Gasteiger partial charge is 0.315 e. The topological polar surface area (TPSA) is 30.7 Å². The van der Waals surface area contributed by atoms with E-state index in [1.165, 1.54) is 0 Å². The molecular weight excluding hydrogens is 138 g/mol. The third-order valence-electron chi connectivity index (χ3n) is 1.80. The quantitative estimate of drug-likeness (QED) is 0.647. The van der Waals surface area contributed by atoms with Gasteiger partial charge in [-0.2, -0.15) is 0 Å². The zero-order valence-electron chi connectivity index (χ0n) is 7.63. The van der Waals surface area contributed by atoms with Gasteiger partial charge in [-0.05, 0) is 13.8 Å². The highest BCUT2D eigenvalue weighted by Crippen LogP contribution is 2.12. The second kappa shape index (κ2) is 3.03. The molecular formula is C8H15N3. The molecule has 1 aromatic heterocycles. The monoisotopic (exact) mass is 153 g/mol. The van der Waals surface area contributed by atoms with Crippen molar-refractivity contribution in [1.82, 2.24) is 14.8 Å². The highest BCUT2D eigenvalue weighted by Gasteiger charge is 2.09. The minimum Gasteiger partial charge on any atom is -0.315 e. The molecule has 0 unspecified atom stereocenters. The molecule has 0 amide bonds. The van der Waals surface area contributed by atoms with E-state index >= 15 is 0 Å². The van der Waals surface area contributed by atoms with Crippen molar-refractivity contribution >= 4 is 0 Å². The van der Waals surface area contributed by atoms with E-state index in [0.717, 1.165) is 18.2 Å². The van der Waals surface area contributed by atoms with Crippen molar-refractivity contribution in [2.24, 2.45) is 0 Å². The molecule has 0 saturated heterocycles. The molecule has 1 aromatic rings.